The van der Waals surface area contributed by atoms with Crippen LogP contribution in [-0.2, 0) is 4.74 Å². The average molecular weight is 440 g/mol. The summed E-state index contributed by atoms with van der Waals surface area (Å²) >= 11 is 0. The lowest BCUT2D eigenvalue weighted by atomic mass is 10.1. The van der Waals surface area contributed by atoms with E-state index in [9.17, 15) is 4.79 Å². The number of rotatable bonds is 6. The maximum absolute atomic E-state index is 12.8. The Morgan fingerprint density at radius 3 is 2.67 bits per heavy atom. The number of hydrogen-bond acceptors (Lipinski definition) is 4. The van der Waals surface area contributed by atoms with Crippen molar-refractivity contribution >= 4 is 11.6 Å². The first-order chi connectivity index (χ1) is 16.2. The highest BCUT2D eigenvalue weighted by atomic mass is 16.5. The summed E-state index contributed by atoms with van der Waals surface area (Å²) < 4.78 is 5.50. The molecule has 168 valence electrons. The smallest absolute Gasteiger partial charge is 0.251 e. The molecule has 0 radical (unpaired) electrons. The maximum Gasteiger partial charge on any atom is 0.251 e. The molecule has 2 aliphatic rings. The number of carbonyl (C=O) groups is 1. The van der Waals surface area contributed by atoms with Crippen molar-refractivity contribution in [2.24, 2.45) is 0 Å². The molecule has 0 unspecified atom stereocenters. The van der Waals surface area contributed by atoms with Gasteiger partial charge in [-0.15, -0.1) is 0 Å². The monoisotopic (exact) mass is 439 g/mol. The van der Waals surface area contributed by atoms with Gasteiger partial charge in [-0.1, -0.05) is 42.7 Å². The highest BCUT2D eigenvalue weighted by Gasteiger charge is 2.16. The fraction of sp³-hybridized carbons (Fsp3) is 0.250. The quantitative estimate of drug-likeness (QED) is 0.528. The molecule has 0 saturated carbocycles. The van der Waals surface area contributed by atoms with E-state index in [0.717, 1.165) is 48.4 Å². The van der Waals surface area contributed by atoms with Gasteiger partial charge in [0.15, 0.2) is 0 Å². The van der Waals surface area contributed by atoms with Crippen LogP contribution in [0.2, 0.25) is 0 Å². The van der Waals surface area contributed by atoms with Crippen LogP contribution in [-0.4, -0.2) is 38.8 Å². The van der Waals surface area contributed by atoms with Gasteiger partial charge in [-0.2, -0.15) is 0 Å². The zero-order valence-electron chi connectivity index (χ0n) is 18.8. The van der Waals surface area contributed by atoms with Crippen LogP contribution in [0.1, 0.15) is 34.3 Å². The molecule has 2 aromatic rings. The average Bonchev–Trinajstić information content (AvgIpc) is 2.87. The van der Waals surface area contributed by atoms with Crippen molar-refractivity contribution in [1.82, 2.24) is 10.6 Å². The topological polar surface area (TPSA) is 53.6 Å². The number of nitrogens with one attached hydrogen (secondary N) is 2. The molecule has 2 N–H and O–H groups in total. The predicted octanol–water partition coefficient (Wildman–Crippen LogP) is 3.99. The number of anilines is 1. The van der Waals surface area contributed by atoms with E-state index in [-0.39, 0.29) is 5.91 Å². The van der Waals surface area contributed by atoms with E-state index in [4.69, 9.17) is 4.74 Å². The van der Waals surface area contributed by atoms with Crippen molar-refractivity contribution in [3.05, 3.63) is 101 Å². The van der Waals surface area contributed by atoms with Crippen molar-refractivity contribution in [2.75, 3.05) is 37.7 Å². The Morgan fingerprint density at radius 1 is 1.09 bits per heavy atom. The summed E-state index contributed by atoms with van der Waals surface area (Å²) in [6, 6.07) is 15.7. The molecule has 2 aromatic carbocycles. The summed E-state index contributed by atoms with van der Waals surface area (Å²) in [5.74, 6) is 6.45. The van der Waals surface area contributed by atoms with Crippen LogP contribution < -0.4 is 15.5 Å². The molecule has 0 atom stereocenters. The normalized spacial score (nSPS) is 15.2. The molecular weight excluding hydrogens is 410 g/mol. The number of ether oxygens (including phenoxy) is 1. The zero-order chi connectivity index (χ0) is 22.9. The van der Waals surface area contributed by atoms with Gasteiger partial charge in [-0.05, 0) is 54.8 Å². The highest BCUT2D eigenvalue weighted by Crippen LogP contribution is 2.23. The van der Waals surface area contributed by atoms with Crippen LogP contribution in [0.15, 0.2) is 84.7 Å². The molecule has 33 heavy (non-hydrogen) atoms. The molecule has 5 heteroatoms. The Bertz CT molecular complexity index is 1120. The minimum atomic E-state index is -0.0778. The lowest BCUT2D eigenvalue weighted by Crippen LogP contribution is -2.36. The predicted molar refractivity (Wildman–Crippen MR) is 133 cm³/mol. The molecule has 0 aliphatic carbocycles. The Morgan fingerprint density at radius 2 is 1.91 bits per heavy atom. The van der Waals surface area contributed by atoms with E-state index in [2.05, 4.69) is 40.0 Å². The Hall–Kier alpha value is -3.75. The number of hydrogen-bond donors (Lipinski definition) is 2. The lowest BCUT2D eigenvalue weighted by Gasteiger charge is -2.30. The van der Waals surface area contributed by atoms with Crippen LogP contribution >= 0.6 is 0 Å². The van der Waals surface area contributed by atoms with Crippen LogP contribution in [0.4, 0.5) is 5.69 Å². The van der Waals surface area contributed by atoms with Crippen LogP contribution in [0.5, 0.6) is 0 Å². The number of benzene rings is 2. The van der Waals surface area contributed by atoms with Gasteiger partial charge in [-0.25, -0.2) is 0 Å². The fourth-order valence-corrected chi connectivity index (χ4v) is 3.76. The van der Waals surface area contributed by atoms with Crippen molar-refractivity contribution in [3.8, 4) is 11.8 Å². The number of morpholine rings is 1. The van der Waals surface area contributed by atoms with Gasteiger partial charge in [0.1, 0.15) is 0 Å². The molecule has 5 nitrogen and oxygen atoms in total. The van der Waals surface area contributed by atoms with Gasteiger partial charge >= 0.3 is 0 Å². The summed E-state index contributed by atoms with van der Waals surface area (Å²) in [6.45, 7) is 7.50. The molecular formula is C28H29N3O2. The summed E-state index contributed by atoms with van der Waals surface area (Å²) in [6.07, 6.45) is 7.74. The first kappa shape index (κ1) is 22.4. The fourth-order valence-electron chi connectivity index (χ4n) is 3.76. The number of allylic oxidation sites excluding steroid dienone is 3. The molecule has 1 amide bonds. The minimum absolute atomic E-state index is 0.0778. The van der Waals surface area contributed by atoms with E-state index >= 15 is 0 Å². The summed E-state index contributed by atoms with van der Waals surface area (Å²) in [4.78, 5) is 15.1. The second-order valence-corrected chi connectivity index (χ2v) is 8.03. The van der Waals surface area contributed by atoms with E-state index in [0.29, 0.717) is 25.3 Å². The third kappa shape index (κ3) is 6.38. The Labute approximate surface area is 195 Å². The SMILES string of the molecule is C=C1C=CC(CCCNC(=O)c2ccc(N3CCOCC3)c(C#Cc3ccccc3)c2)=CN1. The van der Waals surface area contributed by atoms with E-state index in [1.165, 1.54) is 5.57 Å². The van der Waals surface area contributed by atoms with Gasteiger partial charge in [0.2, 0.25) is 0 Å². The summed E-state index contributed by atoms with van der Waals surface area (Å²) in [5.41, 5.74) is 5.56. The van der Waals surface area contributed by atoms with Crippen molar-refractivity contribution < 1.29 is 9.53 Å². The van der Waals surface area contributed by atoms with E-state index in [1.54, 1.807) is 0 Å². The third-order valence-electron chi connectivity index (χ3n) is 5.60. The molecule has 1 saturated heterocycles. The van der Waals surface area contributed by atoms with Crippen LogP contribution in [0, 0.1) is 11.8 Å². The third-order valence-corrected chi connectivity index (χ3v) is 5.60. The molecule has 0 bridgehead atoms. The molecule has 4 rings (SSSR count). The molecule has 2 aliphatic heterocycles. The lowest BCUT2D eigenvalue weighted by molar-refractivity contribution is 0.0953. The van der Waals surface area contributed by atoms with Crippen LogP contribution in [0.25, 0.3) is 0 Å². The molecule has 2 heterocycles. The number of nitrogens with zero attached hydrogens (tertiary/aromatic N) is 1. The summed E-state index contributed by atoms with van der Waals surface area (Å²) in [5, 5.41) is 6.15. The first-order valence-electron chi connectivity index (χ1n) is 11.3. The van der Waals surface area contributed by atoms with Crippen molar-refractivity contribution in [2.45, 2.75) is 12.8 Å². The Balaban J connectivity index is 1.44. The van der Waals surface area contributed by atoms with Gasteiger partial charge in [0, 0.05) is 48.2 Å². The van der Waals surface area contributed by atoms with Gasteiger partial charge < -0.3 is 20.3 Å². The number of carbonyl (C=O) groups excluding carboxylic acids is 1. The van der Waals surface area contributed by atoms with Crippen molar-refractivity contribution in [1.29, 1.82) is 0 Å². The van der Waals surface area contributed by atoms with Crippen molar-refractivity contribution in [3.63, 3.8) is 0 Å². The van der Waals surface area contributed by atoms with E-state index < -0.39 is 0 Å². The van der Waals surface area contributed by atoms with Gasteiger partial charge in [-0.3, -0.25) is 4.79 Å². The molecule has 1 fully saturated rings. The van der Waals surface area contributed by atoms with E-state index in [1.807, 2.05) is 60.8 Å². The molecule has 0 aromatic heterocycles. The zero-order valence-corrected chi connectivity index (χ0v) is 18.8. The highest BCUT2D eigenvalue weighted by molar-refractivity contribution is 5.95. The Kier molecular flexibility index (Phi) is 7.63. The second kappa shape index (κ2) is 11.2. The number of dihydropyridines is 1. The maximum atomic E-state index is 12.8. The second-order valence-electron chi connectivity index (χ2n) is 8.03. The van der Waals surface area contributed by atoms with Gasteiger partial charge in [0.05, 0.1) is 18.9 Å². The molecule has 0 spiro atoms. The van der Waals surface area contributed by atoms with Crippen LogP contribution in [0.3, 0.4) is 0 Å². The minimum Gasteiger partial charge on any atom is -0.378 e. The standard InChI is InChI=1S/C28H29N3O2/c1-22-9-10-24(21-30-22)8-5-15-29-28(32)26-13-14-27(31-16-18-33-19-17-31)25(20-26)12-11-23-6-3-2-4-7-23/h2-4,6-7,9-10,13-14,20-21,30H,1,5,8,15-19H2,(H,29,32). The first-order valence-corrected chi connectivity index (χ1v) is 11.3. The largest absolute Gasteiger partial charge is 0.378 e. The summed E-state index contributed by atoms with van der Waals surface area (Å²) in [7, 11) is 0. The van der Waals surface area contributed by atoms with Gasteiger partial charge in [0.25, 0.3) is 5.91 Å². The number of amides is 1.